The van der Waals surface area contributed by atoms with Gasteiger partial charge in [0.2, 0.25) is 0 Å². The van der Waals surface area contributed by atoms with Gasteiger partial charge in [-0.1, -0.05) is 36.4 Å². The van der Waals surface area contributed by atoms with Gasteiger partial charge >= 0.3 is 11.6 Å². The second-order valence-electron chi connectivity index (χ2n) is 6.94. The molecule has 0 aliphatic heterocycles. The van der Waals surface area contributed by atoms with Gasteiger partial charge in [-0.2, -0.15) is 0 Å². The molecule has 0 spiro atoms. The molecule has 32 heavy (non-hydrogen) atoms. The Labute approximate surface area is 183 Å². The van der Waals surface area contributed by atoms with E-state index in [0.717, 1.165) is 5.56 Å². The van der Waals surface area contributed by atoms with Gasteiger partial charge in [-0.15, -0.1) is 0 Å². The number of nitrogens with one attached hydrogen (secondary N) is 1. The number of methoxy groups -OCH3 is 1. The number of amides is 1. The van der Waals surface area contributed by atoms with Crippen molar-refractivity contribution < 1.29 is 23.5 Å². The van der Waals surface area contributed by atoms with Crippen LogP contribution in [-0.4, -0.2) is 19.0 Å². The fraction of sp³-hybridized carbons (Fsp3) is 0.0800. The molecule has 1 aromatic heterocycles. The number of ether oxygens (including phenoxy) is 2. The Morgan fingerprint density at radius 3 is 2.50 bits per heavy atom. The Balaban J connectivity index is 1.52. The van der Waals surface area contributed by atoms with Crippen LogP contribution in [0.4, 0.5) is 0 Å². The zero-order valence-corrected chi connectivity index (χ0v) is 17.2. The first kappa shape index (κ1) is 20.9. The molecule has 0 aliphatic carbocycles. The highest BCUT2D eigenvalue weighted by Crippen LogP contribution is 2.22. The highest BCUT2D eigenvalue weighted by molar-refractivity contribution is 5.97. The molecule has 7 nitrogen and oxygen atoms in total. The van der Waals surface area contributed by atoms with E-state index in [0.29, 0.717) is 16.7 Å². The molecule has 0 atom stereocenters. The van der Waals surface area contributed by atoms with Crippen molar-refractivity contribution in [1.82, 2.24) is 5.32 Å². The van der Waals surface area contributed by atoms with Crippen LogP contribution >= 0.6 is 0 Å². The van der Waals surface area contributed by atoms with Crippen LogP contribution < -0.4 is 20.4 Å². The summed E-state index contributed by atoms with van der Waals surface area (Å²) in [6.45, 7) is 0.288. The van der Waals surface area contributed by atoms with Gasteiger partial charge in [0.05, 0.1) is 12.7 Å². The second kappa shape index (κ2) is 9.18. The largest absolute Gasteiger partial charge is 0.497 e. The van der Waals surface area contributed by atoms with Crippen LogP contribution in [0.1, 0.15) is 26.3 Å². The van der Waals surface area contributed by atoms with E-state index in [9.17, 15) is 14.4 Å². The van der Waals surface area contributed by atoms with Crippen molar-refractivity contribution >= 4 is 22.8 Å². The zero-order valence-electron chi connectivity index (χ0n) is 17.2. The van der Waals surface area contributed by atoms with Gasteiger partial charge in [-0.3, -0.25) is 4.79 Å². The molecule has 4 aromatic rings. The smallest absolute Gasteiger partial charge is 0.349 e. The Bertz CT molecular complexity index is 1340. The molecule has 0 aliphatic rings. The molecule has 4 rings (SSSR count). The van der Waals surface area contributed by atoms with Crippen LogP contribution in [0.25, 0.3) is 11.0 Å². The Morgan fingerprint density at radius 1 is 0.906 bits per heavy atom. The molecule has 160 valence electrons. The molecule has 0 fully saturated rings. The molecular formula is C25H19NO6. The van der Waals surface area contributed by atoms with Gasteiger partial charge in [-0.05, 0) is 42.0 Å². The van der Waals surface area contributed by atoms with Gasteiger partial charge in [0.25, 0.3) is 5.91 Å². The van der Waals surface area contributed by atoms with E-state index in [2.05, 4.69) is 5.32 Å². The minimum atomic E-state index is -0.778. The number of hydrogen-bond donors (Lipinski definition) is 1. The number of fused-ring (bicyclic) bond motifs is 1. The predicted molar refractivity (Wildman–Crippen MR) is 118 cm³/mol. The van der Waals surface area contributed by atoms with Crippen molar-refractivity contribution in [2.45, 2.75) is 6.54 Å². The standard InChI is InChI=1S/C25H19NO6/c1-30-19-9-5-8-18(12-19)24(28)31-20-11-10-17-13-21(25(29)32-22(17)14-20)23(27)26-15-16-6-3-2-4-7-16/h2-14H,15H2,1H3,(H,26,27). The van der Waals surface area contributed by atoms with Crippen molar-refractivity contribution in [3.05, 3.63) is 106 Å². The van der Waals surface area contributed by atoms with Crippen molar-refractivity contribution in [2.24, 2.45) is 0 Å². The Hall–Kier alpha value is -4.39. The molecule has 7 heteroatoms. The summed E-state index contributed by atoms with van der Waals surface area (Å²) in [5.41, 5.74) is 0.546. The molecule has 1 N–H and O–H groups in total. The summed E-state index contributed by atoms with van der Waals surface area (Å²) in [5, 5.41) is 3.23. The maximum absolute atomic E-state index is 12.5. The number of rotatable bonds is 6. The first-order valence-corrected chi connectivity index (χ1v) is 9.80. The first-order valence-electron chi connectivity index (χ1n) is 9.80. The average molecular weight is 429 g/mol. The number of carbonyl (C=O) groups is 2. The topological polar surface area (TPSA) is 94.8 Å². The number of carbonyl (C=O) groups excluding carboxylic acids is 2. The lowest BCUT2D eigenvalue weighted by Gasteiger charge is -2.08. The summed E-state index contributed by atoms with van der Waals surface area (Å²) in [4.78, 5) is 37.2. The van der Waals surface area contributed by atoms with Crippen LogP contribution in [-0.2, 0) is 6.54 Å². The quantitative estimate of drug-likeness (QED) is 0.283. The highest BCUT2D eigenvalue weighted by atomic mass is 16.5. The predicted octanol–water partition coefficient (Wildman–Crippen LogP) is 3.95. The molecule has 1 heterocycles. The zero-order chi connectivity index (χ0) is 22.5. The summed E-state index contributed by atoms with van der Waals surface area (Å²) < 4.78 is 15.8. The lowest BCUT2D eigenvalue weighted by molar-refractivity contribution is 0.0734. The number of esters is 1. The van der Waals surface area contributed by atoms with Gasteiger partial charge in [0.1, 0.15) is 22.6 Å². The SMILES string of the molecule is COc1cccc(C(=O)Oc2ccc3cc(C(=O)NCc4ccccc4)c(=O)oc3c2)c1. The molecule has 0 bridgehead atoms. The second-order valence-corrected chi connectivity index (χ2v) is 6.94. The van der Waals surface area contributed by atoms with E-state index in [1.807, 2.05) is 30.3 Å². The monoisotopic (exact) mass is 429 g/mol. The third-order valence-corrected chi connectivity index (χ3v) is 4.76. The minimum Gasteiger partial charge on any atom is -0.497 e. The van der Waals surface area contributed by atoms with Crippen molar-refractivity contribution in [3.63, 3.8) is 0 Å². The summed E-state index contributed by atoms with van der Waals surface area (Å²) in [6.07, 6.45) is 0. The van der Waals surface area contributed by atoms with Gasteiger partial charge < -0.3 is 19.2 Å². The van der Waals surface area contributed by atoms with E-state index in [-0.39, 0.29) is 23.4 Å². The minimum absolute atomic E-state index is 0.102. The van der Waals surface area contributed by atoms with E-state index >= 15 is 0 Å². The number of benzene rings is 3. The molecular weight excluding hydrogens is 410 g/mol. The van der Waals surface area contributed by atoms with Crippen molar-refractivity contribution in [2.75, 3.05) is 7.11 Å². The normalized spacial score (nSPS) is 10.5. The van der Waals surface area contributed by atoms with Gasteiger partial charge in [0, 0.05) is 18.0 Å². The fourth-order valence-corrected chi connectivity index (χ4v) is 3.10. The summed E-state index contributed by atoms with van der Waals surface area (Å²) >= 11 is 0. The molecule has 3 aromatic carbocycles. The fourth-order valence-electron chi connectivity index (χ4n) is 3.10. The van der Waals surface area contributed by atoms with Crippen LogP contribution in [0.15, 0.2) is 88.1 Å². The maximum Gasteiger partial charge on any atom is 0.349 e. The molecule has 1 amide bonds. The van der Waals surface area contributed by atoms with Crippen molar-refractivity contribution in [3.8, 4) is 11.5 Å². The van der Waals surface area contributed by atoms with E-state index in [1.54, 1.807) is 36.4 Å². The van der Waals surface area contributed by atoms with Crippen molar-refractivity contribution in [1.29, 1.82) is 0 Å². The lowest BCUT2D eigenvalue weighted by Crippen LogP contribution is -2.27. The Kier molecular flexibility index (Phi) is 5.98. The number of hydrogen-bond acceptors (Lipinski definition) is 6. The summed E-state index contributed by atoms with van der Waals surface area (Å²) in [6, 6.07) is 22.0. The van der Waals surface area contributed by atoms with Crippen LogP contribution in [0, 0.1) is 0 Å². The molecule has 0 radical (unpaired) electrons. The maximum atomic E-state index is 12.5. The Morgan fingerprint density at radius 2 is 1.72 bits per heavy atom. The van der Waals surface area contributed by atoms with Gasteiger partial charge in [-0.25, -0.2) is 9.59 Å². The third kappa shape index (κ3) is 4.67. The molecule has 0 saturated carbocycles. The van der Waals surface area contributed by atoms with Gasteiger partial charge in [0.15, 0.2) is 0 Å². The first-order chi connectivity index (χ1) is 15.5. The van der Waals surface area contributed by atoms with E-state index in [4.69, 9.17) is 13.9 Å². The summed E-state index contributed by atoms with van der Waals surface area (Å²) in [5.74, 6) is -0.377. The molecule has 0 unspecified atom stereocenters. The average Bonchev–Trinajstić information content (AvgIpc) is 2.82. The highest BCUT2D eigenvalue weighted by Gasteiger charge is 2.15. The van der Waals surface area contributed by atoms with E-state index < -0.39 is 17.5 Å². The molecule has 0 saturated heterocycles. The van der Waals surface area contributed by atoms with Crippen LogP contribution in [0.3, 0.4) is 0 Å². The van der Waals surface area contributed by atoms with E-state index in [1.165, 1.54) is 19.2 Å². The van der Waals surface area contributed by atoms with Crippen LogP contribution in [0.5, 0.6) is 11.5 Å². The van der Waals surface area contributed by atoms with Crippen LogP contribution in [0.2, 0.25) is 0 Å². The third-order valence-electron chi connectivity index (χ3n) is 4.76. The lowest BCUT2D eigenvalue weighted by atomic mass is 10.1. The summed E-state index contributed by atoms with van der Waals surface area (Å²) in [7, 11) is 1.51.